The number of rotatable bonds is 3. The second-order valence-corrected chi connectivity index (χ2v) is 5.18. The second-order valence-electron chi connectivity index (χ2n) is 5.18. The Morgan fingerprint density at radius 1 is 0.960 bits per heavy atom. The van der Waals surface area contributed by atoms with Gasteiger partial charge in [-0.2, -0.15) is 0 Å². The van der Waals surface area contributed by atoms with Crippen molar-refractivity contribution in [3.8, 4) is 22.6 Å². The molecule has 3 rings (SSSR count). The van der Waals surface area contributed by atoms with Crippen LogP contribution in [0, 0.1) is 11.2 Å². The van der Waals surface area contributed by atoms with Gasteiger partial charge < -0.3 is 15.3 Å². The Hall–Kier alpha value is -3.41. The zero-order valence-corrected chi connectivity index (χ0v) is 13.5. The van der Waals surface area contributed by atoms with Crippen LogP contribution in [0.5, 0.6) is 0 Å². The van der Waals surface area contributed by atoms with Crippen LogP contribution in [0.4, 0.5) is 4.39 Å². The number of carboxylic acid groups (broad SMARTS) is 1. The normalized spacial score (nSPS) is 9.84. The van der Waals surface area contributed by atoms with Gasteiger partial charge in [-0.25, -0.2) is 4.39 Å². The van der Waals surface area contributed by atoms with Crippen LogP contribution in [0.2, 0.25) is 0 Å². The molecule has 4 N–H and O–H groups in total. The predicted molar refractivity (Wildman–Crippen MR) is 93.9 cm³/mol. The Balaban J connectivity index is 0.000000511. The van der Waals surface area contributed by atoms with Crippen molar-refractivity contribution in [2.75, 3.05) is 0 Å². The van der Waals surface area contributed by atoms with Crippen LogP contribution < -0.4 is 5.73 Å². The van der Waals surface area contributed by atoms with Crippen LogP contribution in [0.15, 0.2) is 65.1 Å². The molecule has 0 aliphatic heterocycles. The van der Waals surface area contributed by atoms with Crippen LogP contribution in [0.1, 0.15) is 12.5 Å². The number of furan rings is 1. The first kappa shape index (κ1) is 17.9. The molecule has 0 saturated heterocycles. The van der Waals surface area contributed by atoms with Gasteiger partial charge in [0.05, 0.1) is 0 Å². The first-order chi connectivity index (χ1) is 11.9. The number of aliphatic carboxylic acids is 1. The minimum absolute atomic E-state index is 0.0352. The summed E-state index contributed by atoms with van der Waals surface area (Å²) in [6, 6.07) is 17.1. The van der Waals surface area contributed by atoms with Gasteiger partial charge in [-0.15, -0.1) is 0 Å². The number of hydrogen-bond acceptors (Lipinski definition) is 3. The number of nitrogens with one attached hydrogen (secondary N) is 1. The van der Waals surface area contributed by atoms with E-state index in [1.165, 1.54) is 12.1 Å². The highest BCUT2D eigenvalue weighted by Crippen LogP contribution is 2.28. The molecule has 0 bridgehead atoms. The fraction of sp³-hybridized carbons (Fsp3) is 0.0526. The van der Waals surface area contributed by atoms with E-state index >= 15 is 0 Å². The predicted octanol–water partition coefficient (Wildman–Crippen LogP) is 4.13. The maximum absolute atomic E-state index is 12.9. The molecule has 0 spiro atoms. The lowest BCUT2D eigenvalue weighted by Gasteiger charge is -2.01. The van der Waals surface area contributed by atoms with Gasteiger partial charge in [0.25, 0.3) is 5.97 Å². The maximum atomic E-state index is 12.9. The quantitative estimate of drug-likeness (QED) is 0.493. The van der Waals surface area contributed by atoms with E-state index in [4.69, 9.17) is 25.5 Å². The molecule has 6 heteroatoms. The minimum atomic E-state index is -0.833. The summed E-state index contributed by atoms with van der Waals surface area (Å²) in [6.45, 7) is 1.08. The third-order valence-corrected chi connectivity index (χ3v) is 3.22. The molecule has 0 unspecified atom stereocenters. The van der Waals surface area contributed by atoms with Crippen LogP contribution in [-0.2, 0) is 4.79 Å². The molecule has 2 aromatic carbocycles. The molecular weight excluding hydrogens is 323 g/mol. The Morgan fingerprint density at radius 3 is 1.76 bits per heavy atom. The van der Waals surface area contributed by atoms with Crippen molar-refractivity contribution in [3.05, 3.63) is 72.0 Å². The summed E-state index contributed by atoms with van der Waals surface area (Å²) in [5.41, 5.74) is 7.81. The highest BCUT2D eigenvalue weighted by atomic mass is 19.1. The summed E-state index contributed by atoms with van der Waals surface area (Å²) in [4.78, 5) is 9.00. The lowest BCUT2D eigenvalue weighted by molar-refractivity contribution is -0.134. The highest BCUT2D eigenvalue weighted by molar-refractivity contribution is 5.95. The molecule has 1 aromatic heterocycles. The number of halogens is 1. The molecule has 0 amide bonds. The number of carboxylic acids is 1. The summed E-state index contributed by atoms with van der Waals surface area (Å²) in [6.07, 6.45) is 0. The standard InChI is InChI=1S/C17H13FN2O.C2H4O2/c18-14-7-5-12(6-8-14)16-10-9-15(21-16)11-1-3-13(4-2-11)17(19)20;1-2(3)4/h1-10H,(H3,19,20);1H3,(H,3,4). The van der Waals surface area contributed by atoms with Gasteiger partial charge in [-0.1, -0.05) is 24.3 Å². The lowest BCUT2D eigenvalue weighted by Crippen LogP contribution is -2.10. The fourth-order valence-electron chi connectivity index (χ4n) is 2.08. The van der Waals surface area contributed by atoms with Gasteiger partial charge in [-0.05, 0) is 36.4 Å². The molecule has 0 atom stereocenters. The second kappa shape index (κ2) is 7.92. The topological polar surface area (TPSA) is 100 Å². The summed E-state index contributed by atoms with van der Waals surface area (Å²) < 4.78 is 18.7. The van der Waals surface area contributed by atoms with E-state index in [9.17, 15) is 4.39 Å². The molecule has 0 aliphatic rings. The van der Waals surface area contributed by atoms with Crippen molar-refractivity contribution in [3.63, 3.8) is 0 Å². The number of hydrogen-bond donors (Lipinski definition) is 3. The van der Waals surface area contributed by atoms with Crippen molar-refractivity contribution in [1.29, 1.82) is 5.41 Å². The Bertz CT molecular complexity index is 864. The smallest absolute Gasteiger partial charge is 0.300 e. The van der Waals surface area contributed by atoms with Gasteiger partial charge >= 0.3 is 0 Å². The molecule has 128 valence electrons. The zero-order valence-electron chi connectivity index (χ0n) is 13.5. The third kappa shape index (κ3) is 5.04. The number of carbonyl (C=O) groups is 1. The van der Waals surface area contributed by atoms with Gasteiger partial charge in [-0.3, -0.25) is 10.2 Å². The molecule has 0 saturated carbocycles. The molecule has 0 aliphatic carbocycles. The van der Waals surface area contributed by atoms with E-state index in [-0.39, 0.29) is 11.7 Å². The van der Waals surface area contributed by atoms with Crippen molar-refractivity contribution >= 4 is 11.8 Å². The number of amidine groups is 1. The average molecular weight is 340 g/mol. The van der Waals surface area contributed by atoms with Crippen LogP contribution in [0.3, 0.4) is 0 Å². The summed E-state index contributed by atoms with van der Waals surface area (Å²) in [7, 11) is 0. The van der Waals surface area contributed by atoms with Gasteiger partial charge in [0, 0.05) is 23.6 Å². The molecular formula is C19H17FN2O3. The Labute approximate surface area is 144 Å². The summed E-state index contributed by atoms with van der Waals surface area (Å²) in [5, 5.41) is 14.8. The van der Waals surface area contributed by atoms with E-state index in [1.54, 1.807) is 24.3 Å². The fourth-order valence-corrected chi connectivity index (χ4v) is 2.08. The molecule has 1 heterocycles. The first-order valence-corrected chi connectivity index (χ1v) is 7.37. The van der Waals surface area contributed by atoms with Crippen LogP contribution in [0.25, 0.3) is 22.6 Å². The lowest BCUT2D eigenvalue weighted by atomic mass is 10.1. The summed E-state index contributed by atoms with van der Waals surface area (Å²) >= 11 is 0. The average Bonchev–Trinajstić information content (AvgIpc) is 3.05. The van der Waals surface area contributed by atoms with Crippen molar-refractivity contribution in [1.82, 2.24) is 0 Å². The van der Waals surface area contributed by atoms with E-state index in [0.717, 1.165) is 18.1 Å². The van der Waals surface area contributed by atoms with Gasteiger partial charge in [0.2, 0.25) is 0 Å². The Kier molecular flexibility index (Phi) is 5.68. The first-order valence-electron chi connectivity index (χ1n) is 7.37. The molecule has 25 heavy (non-hydrogen) atoms. The van der Waals surface area contributed by atoms with E-state index < -0.39 is 5.97 Å². The maximum Gasteiger partial charge on any atom is 0.300 e. The zero-order chi connectivity index (χ0) is 18.4. The van der Waals surface area contributed by atoms with Crippen molar-refractivity contribution in [2.45, 2.75) is 6.92 Å². The number of nitrogen functional groups attached to an aromatic ring is 1. The molecule has 5 nitrogen and oxygen atoms in total. The third-order valence-electron chi connectivity index (χ3n) is 3.22. The molecule has 0 fully saturated rings. The number of nitrogens with two attached hydrogens (primary N) is 1. The van der Waals surface area contributed by atoms with Crippen LogP contribution >= 0.6 is 0 Å². The van der Waals surface area contributed by atoms with E-state index in [1.807, 2.05) is 24.3 Å². The van der Waals surface area contributed by atoms with Gasteiger partial charge in [0.15, 0.2) is 0 Å². The van der Waals surface area contributed by atoms with E-state index in [0.29, 0.717) is 17.1 Å². The van der Waals surface area contributed by atoms with Gasteiger partial charge in [0.1, 0.15) is 23.2 Å². The summed E-state index contributed by atoms with van der Waals surface area (Å²) in [5.74, 6) is 0.323. The molecule has 3 aromatic rings. The monoisotopic (exact) mass is 340 g/mol. The largest absolute Gasteiger partial charge is 0.481 e. The van der Waals surface area contributed by atoms with E-state index in [2.05, 4.69) is 0 Å². The molecule has 0 radical (unpaired) electrons. The van der Waals surface area contributed by atoms with Crippen molar-refractivity contribution < 1.29 is 18.7 Å². The highest BCUT2D eigenvalue weighted by Gasteiger charge is 2.07. The Morgan fingerprint density at radius 2 is 1.36 bits per heavy atom. The van der Waals surface area contributed by atoms with Crippen LogP contribution in [-0.4, -0.2) is 16.9 Å². The van der Waals surface area contributed by atoms with Crippen molar-refractivity contribution in [2.24, 2.45) is 5.73 Å². The number of benzene rings is 2. The minimum Gasteiger partial charge on any atom is -0.481 e. The SMILES string of the molecule is CC(=O)O.N=C(N)c1ccc(-c2ccc(-c3ccc(F)cc3)o2)cc1.